The average molecular weight is 428 g/mol. The minimum Gasteiger partial charge on any atom is -0.445 e. The average Bonchev–Trinajstić information content (AvgIpc) is 3.09. The Hall–Kier alpha value is -4.20. The van der Waals surface area contributed by atoms with Gasteiger partial charge in [0.05, 0.1) is 12.1 Å². The van der Waals surface area contributed by atoms with Gasteiger partial charge in [0, 0.05) is 18.3 Å². The molecule has 0 fully saturated rings. The number of aromatic nitrogens is 3. The first-order valence-electron chi connectivity index (χ1n) is 10.2. The molecule has 0 bridgehead atoms. The topological polar surface area (TPSA) is 94.7 Å². The van der Waals surface area contributed by atoms with Crippen LogP contribution in [-0.2, 0) is 22.5 Å². The van der Waals surface area contributed by atoms with E-state index in [1.807, 2.05) is 24.3 Å². The van der Waals surface area contributed by atoms with E-state index in [1.54, 1.807) is 55.6 Å². The highest BCUT2D eigenvalue weighted by Crippen LogP contribution is 2.29. The van der Waals surface area contributed by atoms with Crippen LogP contribution in [0, 0.1) is 0 Å². The summed E-state index contributed by atoms with van der Waals surface area (Å²) < 4.78 is 8.35. The molecule has 32 heavy (non-hydrogen) atoms. The minimum absolute atomic E-state index is 0.240. The molecule has 0 aliphatic carbocycles. The summed E-state index contributed by atoms with van der Waals surface area (Å²) in [6, 6.07) is 19.6. The maximum atomic E-state index is 13.0. The number of rotatable bonds is 4. The number of benzene rings is 2. The first-order chi connectivity index (χ1) is 15.4. The molecule has 2 aromatic heterocycles. The number of nitrogens with zero attached hydrogens (tertiary/aromatic N) is 3. The lowest BCUT2D eigenvalue weighted by molar-refractivity contribution is -0.134. The van der Waals surface area contributed by atoms with E-state index in [9.17, 15) is 14.4 Å². The SMILES string of the molecule is CC1(C(=O)Nc2cccc(Cn3nc4ccccn4c3=O)c2)Cc2ccccc2C(=O)O1. The molecule has 3 heterocycles. The molecule has 0 saturated carbocycles. The van der Waals surface area contributed by atoms with Crippen molar-refractivity contribution < 1.29 is 14.3 Å². The summed E-state index contributed by atoms with van der Waals surface area (Å²) >= 11 is 0. The molecule has 1 aliphatic rings. The quantitative estimate of drug-likeness (QED) is 0.505. The van der Waals surface area contributed by atoms with Crippen LogP contribution in [0.2, 0.25) is 0 Å². The number of hydrogen-bond donors (Lipinski definition) is 1. The van der Waals surface area contributed by atoms with E-state index in [2.05, 4.69) is 10.4 Å². The fraction of sp³-hybridized carbons (Fsp3) is 0.167. The van der Waals surface area contributed by atoms with E-state index in [0.29, 0.717) is 16.9 Å². The Morgan fingerprint density at radius 1 is 1.09 bits per heavy atom. The molecule has 8 heteroatoms. The number of fused-ring (bicyclic) bond motifs is 2. The van der Waals surface area contributed by atoms with E-state index in [4.69, 9.17) is 4.74 Å². The van der Waals surface area contributed by atoms with Crippen molar-refractivity contribution in [3.05, 3.63) is 100 Å². The van der Waals surface area contributed by atoms with Gasteiger partial charge in [-0.3, -0.25) is 9.20 Å². The van der Waals surface area contributed by atoms with Gasteiger partial charge in [-0.05, 0) is 48.4 Å². The molecule has 1 unspecified atom stereocenters. The molecule has 0 radical (unpaired) electrons. The van der Waals surface area contributed by atoms with E-state index in [1.165, 1.54) is 9.08 Å². The van der Waals surface area contributed by atoms with Crippen molar-refractivity contribution in [2.45, 2.75) is 25.5 Å². The number of carbonyl (C=O) groups is 2. The molecule has 1 aliphatic heterocycles. The van der Waals surface area contributed by atoms with Gasteiger partial charge in [-0.2, -0.15) is 0 Å². The van der Waals surface area contributed by atoms with Crippen molar-refractivity contribution in [2.24, 2.45) is 0 Å². The van der Waals surface area contributed by atoms with Gasteiger partial charge in [-0.1, -0.05) is 36.4 Å². The molecular formula is C24H20N4O4. The predicted molar refractivity (Wildman–Crippen MR) is 118 cm³/mol. The van der Waals surface area contributed by atoms with Crippen LogP contribution in [0.3, 0.4) is 0 Å². The number of anilines is 1. The number of nitrogens with one attached hydrogen (secondary N) is 1. The smallest absolute Gasteiger partial charge is 0.350 e. The predicted octanol–water partition coefficient (Wildman–Crippen LogP) is 2.65. The van der Waals surface area contributed by atoms with Crippen LogP contribution in [0.25, 0.3) is 5.65 Å². The highest BCUT2D eigenvalue weighted by Gasteiger charge is 2.42. The summed E-state index contributed by atoms with van der Waals surface area (Å²) in [5.41, 5.74) is 1.61. The van der Waals surface area contributed by atoms with Gasteiger partial charge in [0.15, 0.2) is 11.2 Å². The molecule has 160 valence electrons. The van der Waals surface area contributed by atoms with E-state index in [-0.39, 0.29) is 18.7 Å². The second-order valence-electron chi connectivity index (χ2n) is 7.98. The molecular weight excluding hydrogens is 408 g/mol. The number of ether oxygens (including phenoxy) is 1. The Morgan fingerprint density at radius 3 is 2.75 bits per heavy atom. The Kier molecular flexibility index (Phi) is 4.62. The van der Waals surface area contributed by atoms with E-state index in [0.717, 1.165) is 11.1 Å². The maximum absolute atomic E-state index is 13.0. The number of hydrogen-bond acceptors (Lipinski definition) is 5. The van der Waals surface area contributed by atoms with Gasteiger partial charge in [-0.15, -0.1) is 5.10 Å². The summed E-state index contributed by atoms with van der Waals surface area (Å²) in [6.45, 7) is 1.86. The molecule has 0 saturated heterocycles. The van der Waals surface area contributed by atoms with Crippen molar-refractivity contribution in [1.82, 2.24) is 14.2 Å². The zero-order valence-corrected chi connectivity index (χ0v) is 17.3. The third-order valence-corrected chi connectivity index (χ3v) is 5.57. The van der Waals surface area contributed by atoms with Gasteiger partial charge in [0.1, 0.15) is 0 Å². The summed E-state index contributed by atoms with van der Waals surface area (Å²) in [5, 5.41) is 7.18. The highest BCUT2D eigenvalue weighted by molar-refractivity contribution is 6.02. The van der Waals surface area contributed by atoms with Crippen LogP contribution in [0.1, 0.15) is 28.4 Å². The lowest BCUT2D eigenvalue weighted by Gasteiger charge is -2.33. The molecule has 5 rings (SSSR count). The van der Waals surface area contributed by atoms with E-state index >= 15 is 0 Å². The molecule has 2 aromatic carbocycles. The zero-order chi connectivity index (χ0) is 22.3. The Morgan fingerprint density at radius 2 is 1.91 bits per heavy atom. The van der Waals surface area contributed by atoms with Crippen LogP contribution in [-0.4, -0.2) is 31.7 Å². The Labute approximate surface area is 183 Å². The molecule has 4 aromatic rings. The van der Waals surface area contributed by atoms with Crippen molar-refractivity contribution in [3.63, 3.8) is 0 Å². The normalized spacial score (nSPS) is 17.6. The minimum atomic E-state index is -1.32. The van der Waals surface area contributed by atoms with Crippen molar-refractivity contribution in [2.75, 3.05) is 5.32 Å². The monoisotopic (exact) mass is 428 g/mol. The van der Waals surface area contributed by atoms with Gasteiger partial charge >= 0.3 is 11.7 Å². The third kappa shape index (κ3) is 3.45. The zero-order valence-electron chi connectivity index (χ0n) is 17.3. The van der Waals surface area contributed by atoms with Crippen LogP contribution in [0.5, 0.6) is 0 Å². The number of cyclic esters (lactones) is 1. The summed E-state index contributed by atoms with van der Waals surface area (Å²) in [6.07, 6.45) is 1.96. The number of pyridine rings is 1. The fourth-order valence-corrected chi connectivity index (χ4v) is 3.91. The Bertz CT molecular complexity index is 1420. The van der Waals surface area contributed by atoms with Crippen molar-refractivity contribution in [1.29, 1.82) is 0 Å². The highest BCUT2D eigenvalue weighted by atomic mass is 16.6. The van der Waals surface area contributed by atoms with Crippen LogP contribution < -0.4 is 11.0 Å². The van der Waals surface area contributed by atoms with Gasteiger partial charge in [-0.25, -0.2) is 14.3 Å². The second-order valence-corrected chi connectivity index (χ2v) is 7.98. The third-order valence-electron chi connectivity index (χ3n) is 5.57. The summed E-state index contributed by atoms with van der Waals surface area (Å²) in [4.78, 5) is 37.9. The lowest BCUT2D eigenvalue weighted by Crippen LogP contribution is -2.48. The van der Waals surface area contributed by atoms with Crippen LogP contribution in [0.15, 0.2) is 77.7 Å². The molecule has 1 amide bonds. The van der Waals surface area contributed by atoms with Crippen LogP contribution in [0.4, 0.5) is 5.69 Å². The molecule has 8 nitrogen and oxygen atoms in total. The first kappa shape index (κ1) is 19.7. The number of carbonyl (C=O) groups excluding carboxylic acids is 2. The molecule has 0 spiro atoms. The standard InChI is InChI=1S/C24H20N4O4/c1-24(14-17-8-2-3-10-19(17)21(29)32-24)22(30)25-18-9-6-7-16(13-18)15-28-23(31)27-12-5-4-11-20(27)26-28/h2-13H,14-15H2,1H3,(H,25,30). The molecule has 1 atom stereocenters. The maximum Gasteiger partial charge on any atom is 0.350 e. The first-order valence-corrected chi connectivity index (χ1v) is 10.2. The fourth-order valence-electron chi connectivity index (χ4n) is 3.91. The van der Waals surface area contributed by atoms with Gasteiger partial charge in [0.25, 0.3) is 5.91 Å². The summed E-state index contributed by atoms with van der Waals surface area (Å²) in [5.74, 6) is -0.924. The van der Waals surface area contributed by atoms with Crippen LogP contribution >= 0.6 is 0 Å². The van der Waals surface area contributed by atoms with Crippen molar-refractivity contribution in [3.8, 4) is 0 Å². The largest absolute Gasteiger partial charge is 0.445 e. The number of esters is 1. The lowest BCUT2D eigenvalue weighted by atomic mass is 9.89. The second kappa shape index (κ2) is 7.49. The van der Waals surface area contributed by atoms with Gasteiger partial charge in [0.2, 0.25) is 0 Å². The number of amides is 1. The Balaban J connectivity index is 1.36. The summed E-state index contributed by atoms with van der Waals surface area (Å²) in [7, 11) is 0. The van der Waals surface area contributed by atoms with Gasteiger partial charge < -0.3 is 10.1 Å². The van der Waals surface area contributed by atoms with E-state index < -0.39 is 17.5 Å². The molecule has 1 N–H and O–H groups in total. The van der Waals surface area contributed by atoms with Crippen molar-refractivity contribution >= 4 is 23.2 Å².